The predicted molar refractivity (Wildman–Crippen MR) is 94.9 cm³/mol. The smallest absolute Gasteiger partial charge is 0.0320 e. The maximum Gasteiger partial charge on any atom is 0.0320 e. The van der Waals surface area contributed by atoms with Gasteiger partial charge in [0.25, 0.3) is 0 Å². The average molecular weight is 290 g/mol. The number of hydrogen-bond acceptors (Lipinski definition) is 1. The van der Waals surface area contributed by atoms with E-state index in [1.807, 2.05) is 0 Å². The molecule has 0 saturated carbocycles. The third-order valence-electron chi connectivity index (χ3n) is 4.17. The Labute approximate surface area is 132 Å². The van der Waals surface area contributed by atoms with Gasteiger partial charge in [0.2, 0.25) is 0 Å². The first-order chi connectivity index (χ1) is 9.99. The van der Waals surface area contributed by atoms with Crippen molar-refractivity contribution < 1.29 is 0 Å². The lowest BCUT2D eigenvalue weighted by Crippen LogP contribution is -2.22. The van der Waals surface area contributed by atoms with Crippen LogP contribution in [0.2, 0.25) is 0 Å². The third-order valence-corrected chi connectivity index (χ3v) is 4.17. The first-order valence-electron chi connectivity index (χ1n) is 8.82. The van der Waals surface area contributed by atoms with Crippen molar-refractivity contribution >= 4 is 0 Å². The van der Waals surface area contributed by atoms with Crippen molar-refractivity contribution in [1.29, 1.82) is 0 Å². The summed E-state index contributed by atoms with van der Waals surface area (Å²) in [5, 5.41) is 3.72. The fraction of sp³-hybridized carbons (Fsp3) is 0.700. The summed E-state index contributed by atoms with van der Waals surface area (Å²) in [5.41, 5.74) is 3.12. The van der Waals surface area contributed by atoms with Crippen LogP contribution in [0.25, 0.3) is 0 Å². The van der Waals surface area contributed by atoms with Crippen molar-refractivity contribution in [3.63, 3.8) is 0 Å². The molecule has 1 rings (SSSR count). The first kappa shape index (κ1) is 18.2. The molecule has 120 valence electrons. The van der Waals surface area contributed by atoms with Crippen molar-refractivity contribution in [2.75, 3.05) is 6.54 Å². The van der Waals surface area contributed by atoms with Crippen LogP contribution in [0.4, 0.5) is 0 Å². The molecule has 1 aromatic carbocycles. The molecule has 0 aromatic heterocycles. The SMILES string of the molecule is CCCCCCC(NCCC)c1ccc(C(C)(C)C)cc1. The molecule has 1 atom stereocenters. The third kappa shape index (κ3) is 6.65. The Hall–Kier alpha value is -0.820. The molecule has 0 fully saturated rings. The molecule has 0 saturated heterocycles. The summed E-state index contributed by atoms with van der Waals surface area (Å²) >= 11 is 0. The normalized spacial score (nSPS) is 13.4. The molecule has 0 aliphatic carbocycles. The van der Waals surface area contributed by atoms with E-state index >= 15 is 0 Å². The van der Waals surface area contributed by atoms with Crippen molar-refractivity contribution in [3.8, 4) is 0 Å². The van der Waals surface area contributed by atoms with Gasteiger partial charge in [-0.05, 0) is 35.9 Å². The van der Waals surface area contributed by atoms with E-state index in [4.69, 9.17) is 0 Å². The van der Waals surface area contributed by atoms with E-state index in [0.717, 1.165) is 6.54 Å². The molecule has 0 bridgehead atoms. The van der Waals surface area contributed by atoms with Gasteiger partial charge in [-0.2, -0.15) is 0 Å². The minimum Gasteiger partial charge on any atom is -0.310 e. The van der Waals surface area contributed by atoms with Gasteiger partial charge in [0, 0.05) is 6.04 Å². The van der Waals surface area contributed by atoms with E-state index in [1.54, 1.807) is 0 Å². The van der Waals surface area contributed by atoms with Crippen LogP contribution in [0.15, 0.2) is 24.3 Å². The highest BCUT2D eigenvalue weighted by atomic mass is 14.9. The Morgan fingerprint density at radius 1 is 0.905 bits per heavy atom. The van der Waals surface area contributed by atoms with Crippen molar-refractivity contribution in [1.82, 2.24) is 5.32 Å². The summed E-state index contributed by atoms with van der Waals surface area (Å²) in [4.78, 5) is 0. The summed E-state index contributed by atoms with van der Waals surface area (Å²) in [6, 6.07) is 9.79. The van der Waals surface area contributed by atoms with Crippen LogP contribution in [0.1, 0.15) is 90.3 Å². The van der Waals surface area contributed by atoms with Crippen LogP contribution in [0.3, 0.4) is 0 Å². The highest BCUT2D eigenvalue weighted by Gasteiger charge is 2.15. The van der Waals surface area contributed by atoms with E-state index in [9.17, 15) is 0 Å². The zero-order valence-electron chi connectivity index (χ0n) is 14.8. The van der Waals surface area contributed by atoms with Gasteiger partial charge in [0.1, 0.15) is 0 Å². The fourth-order valence-corrected chi connectivity index (χ4v) is 2.70. The molecule has 0 spiro atoms. The van der Waals surface area contributed by atoms with E-state index in [1.165, 1.54) is 49.7 Å². The maximum atomic E-state index is 3.72. The zero-order chi connectivity index (χ0) is 15.7. The standard InChI is InChI=1S/C20H35N/c1-6-8-9-10-11-19(21-16-7-2)17-12-14-18(15-13-17)20(3,4)5/h12-15,19,21H,6-11,16H2,1-5H3. The monoisotopic (exact) mass is 289 g/mol. The lowest BCUT2D eigenvalue weighted by atomic mass is 9.86. The van der Waals surface area contributed by atoms with Crippen LogP contribution in [-0.2, 0) is 5.41 Å². The topological polar surface area (TPSA) is 12.0 Å². The zero-order valence-corrected chi connectivity index (χ0v) is 14.8. The van der Waals surface area contributed by atoms with Gasteiger partial charge in [-0.3, -0.25) is 0 Å². The second-order valence-electron chi connectivity index (χ2n) is 7.23. The molecular weight excluding hydrogens is 254 g/mol. The van der Waals surface area contributed by atoms with Crippen molar-refractivity contribution in [2.24, 2.45) is 0 Å². The molecule has 1 aromatic rings. The first-order valence-corrected chi connectivity index (χ1v) is 8.82. The summed E-state index contributed by atoms with van der Waals surface area (Å²) in [5.74, 6) is 0. The Balaban J connectivity index is 2.68. The summed E-state index contributed by atoms with van der Waals surface area (Å²) in [7, 11) is 0. The lowest BCUT2D eigenvalue weighted by molar-refractivity contribution is 0.470. The lowest BCUT2D eigenvalue weighted by Gasteiger charge is -2.22. The molecule has 1 nitrogen and oxygen atoms in total. The fourth-order valence-electron chi connectivity index (χ4n) is 2.70. The van der Waals surface area contributed by atoms with Crippen LogP contribution >= 0.6 is 0 Å². The highest BCUT2D eigenvalue weighted by molar-refractivity contribution is 5.29. The van der Waals surface area contributed by atoms with Crippen molar-refractivity contribution in [2.45, 2.75) is 84.6 Å². The van der Waals surface area contributed by atoms with Gasteiger partial charge in [-0.1, -0.05) is 84.6 Å². The largest absolute Gasteiger partial charge is 0.310 e. The van der Waals surface area contributed by atoms with E-state index in [0.29, 0.717) is 6.04 Å². The summed E-state index contributed by atoms with van der Waals surface area (Å²) < 4.78 is 0. The number of benzene rings is 1. The summed E-state index contributed by atoms with van der Waals surface area (Å²) in [6.45, 7) is 12.5. The van der Waals surface area contributed by atoms with Gasteiger partial charge in [0.05, 0.1) is 0 Å². The van der Waals surface area contributed by atoms with Crippen LogP contribution in [0, 0.1) is 0 Å². The number of rotatable bonds is 9. The Kier molecular flexibility index (Phi) is 8.03. The maximum absolute atomic E-state index is 3.72. The molecular formula is C20H35N. The minimum atomic E-state index is 0.242. The molecule has 0 aliphatic rings. The minimum absolute atomic E-state index is 0.242. The average Bonchev–Trinajstić information content (AvgIpc) is 2.46. The molecule has 0 radical (unpaired) electrons. The Morgan fingerprint density at radius 2 is 1.57 bits per heavy atom. The van der Waals surface area contributed by atoms with Crippen LogP contribution in [0.5, 0.6) is 0 Å². The van der Waals surface area contributed by atoms with Gasteiger partial charge in [-0.25, -0.2) is 0 Å². The van der Waals surface area contributed by atoms with Crippen molar-refractivity contribution in [3.05, 3.63) is 35.4 Å². The summed E-state index contributed by atoms with van der Waals surface area (Å²) in [6.07, 6.45) is 7.83. The Morgan fingerprint density at radius 3 is 2.10 bits per heavy atom. The van der Waals surface area contributed by atoms with E-state index in [-0.39, 0.29) is 5.41 Å². The molecule has 21 heavy (non-hydrogen) atoms. The van der Waals surface area contributed by atoms with E-state index < -0.39 is 0 Å². The van der Waals surface area contributed by atoms with Gasteiger partial charge < -0.3 is 5.32 Å². The van der Waals surface area contributed by atoms with Gasteiger partial charge in [0.15, 0.2) is 0 Å². The predicted octanol–water partition coefficient (Wildman–Crippen LogP) is 6.00. The molecule has 0 amide bonds. The van der Waals surface area contributed by atoms with Gasteiger partial charge >= 0.3 is 0 Å². The quantitative estimate of drug-likeness (QED) is 0.550. The number of unbranched alkanes of at least 4 members (excludes halogenated alkanes) is 3. The Bertz CT molecular complexity index is 372. The number of nitrogens with one attached hydrogen (secondary N) is 1. The molecule has 1 unspecified atom stereocenters. The van der Waals surface area contributed by atoms with Gasteiger partial charge in [-0.15, -0.1) is 0 Å². The second-order valence-corrected chi connectivity index (χ2v) is 7.23. The highest BCUT2D eigenvalue weighted by Crippen LogP contribution is 2.26. The molecule has 0 aliphatic heterocycles. The number of hydrogen-bond donors (Lipinski definition) is 1. The van der Waals surface area contributed by atoms with Crippen LogP contribution in [-0.4, -0.2) is 6.54 Å². The van der Waals surface area contributed by atoms with E-state index in [2.05, 4.69) is 64.2 Å². The second kappa shape index (κ2) is 9.25. The molecule has 0 heterocycles. The van der Waals surface area contributed by atoms with Crippen LogP contribution < -0.4 is 5.32 Å². The molecule has 1 heteroatoms. The molecule has 1 N–H and O–H groups in total.